The van der Waals surface area contributed by atoms with Crippen LogP contribution in [0.3, 0.4) is 0 Å². The molecule has 56 valence electrons. The van der Waals surface area contributed by atoms with Crippen LogP contribution >= 0.6 is 0 Å². The third kappa shape index (κ3) is 0.714. The molecule has 2 rings (SSSR count). The van der Waals surface area contributed by atoms with Crippen molar-refractivity contribution in [3.05, 3.63) is 11.1 Å². The fraction of sp³-hybridized carbons (Fsp3) is 0.714. The summed E-state index contributed by atoms with van der Waals surface area (Å²) >= 11 is 0. The van der Waals surface area contributed by atoms with Crippen LogP contribution in [-0.4, -0.2) is 35.5 Å². The predicted molar refractivity (Wildman–Crippen MR) is 36.5 cm³/mol. The van der Waals surface area contributed by atoms with Crippen molar-refractivity contribution >= 4 is 0 Å². The summed E-state index contributed by atoms with van der Waals surface area (Å²) in [5.41, 5.74) is 2.04. The molecule has 2 aliphatic rings. The van der Waals surface area contributed by atoms with Crippen LogP contribution in [-0.2, 0) is 0 Å². The Hall–Kier alpha value is -0.380. The van der Waals surface area contributed by atoms with Gasteiger partial charge >= 0.3 is 0 Å². The quantitative estimate of drug-likeness (QED) is 0.380. The van der Waals surface area contributed by atoms with Gasteiger partial charge in [-0.1, -0.05) is 0 Å². The van der Waals surface area contributed by atoms with E-state index >= 15 is 0 Å². The topological polar surface area (TPSA) is 52.5 Å². The van der Waals surface area contributed by atoms with Gasteiger partial charge in [0.05, 0.1) is 12.2 Å². The number of aliphatic hydroxyl groups is 2. The van der Waals surface area contributed by atoms with E-state index in [4.69, 9.17) is 0 Å². The minimum Gasteiger partial charge on any atom is -0.389 e. The Balaban J connectivity index is 2.27. The zero-order valence-corrected chi connectivity index (χ0v) is 5.67. The first kappa shape index (κ1) is 6.34. The molecule has 0 saturated carbocycles. The zero-order valence-electron chi connectivity index (χ0n) is 5.67. The second-order valence-corrected chi connectivity index (χ2v) is 2.92. The first-order valence-corrected chi connectivity index (χ1v) is 3.57. The molecule has 0 amide bonds. The smallest absolute Gasteiger partial charge is 0.0794 e. The van der Waals surface area contributed by atoms with Crippen LogP contribution in [0.15, 0.2) is 11.1 Å². The van der Waals surface area contributed by atoms with Crippen LogP contribution in [0.1, 0.15) is 6.42 Å². The van der Waals surface area contributed by atoms with Crippen LogP contribution in [0.4, 0.5) is 0 Å². The number of rotatable bonds is 0. The minimum atomic E-state index is -0.389. The molecule has 2 unspecified atom stereocenters. The number of hydrogen-bond acceptors (Lipinski definition) is 3. The lowest BCUT2D eigenvalue weighted by atomic mass is 10.2. The van der Waals surface area contributed by atoms with Crippen LogP contribution in [0.2, 0.25) is 0 Å². The van der Waals surface area contributed by atoms with Crippen LogP contribution in [0.5, 0.6) is 0 Å². The third-order valence-corrected chi connectivity index (χ3v) is 2.29. The lowest BCUT2D eigenvalue weighted by molar-refractivity contribution is 0.139. The first-order chi connectivity index (χ1) is 4.79. The maximum atomic E-state index is 9.31. The van der Waals surface area contributed by atoms with Gasteiger partial charge in [0.2, 0.25) is 0 Å². The molecule has 0 radical (unpaired) electrons. The number of nitrogens with one attached hydrogen (secondary N) is 1. The highest BCUT2D eigenvalue weighted by Crippen LogP contribution is 2.28. The molecule has 3 heteroatoms. The Morgan fingerprint density at radius 3 is 2.10 bits per heavy atom. The molecule has 0 aromatic heterocycles. The van der Waals surface area contributed by atoms with Crippen molar-refractivity contribution in [3.8, 4) is 0 Å². The number of hydrogen-bond donors (Lipinski definition) is 3. The van der Waals surface area contributed by atoms with Gasteiger partial charge in [0.15, 0.2) is 0 Å². The van der Waals surface area contributed by atoms with Gasteiger partial charge in [-0.05, 0) is 11.1 Å². The van der Waals surface area contributed by atoms with Gasteiger partial charge in [-0.2, -0.15) is 0 Å². The summed E-state index contributed by atoms with van der Waals surface area (Å²) in [5.74, 6) is 0. The SMILES string of the molecule is OC1CC(O)C2=C1CNC2. The maximum absolute atomic E-state index is 9.31. The lowest BCUT2D eigenvalue weighted by Crippen LogP contribution is -2.21. The molecule has 10 heavy (non-hydrogen) atoms. The summed E-state index contributed by atoms with van der Waals surface area (Å²) in [5, 5.41) is 21.7. The second-order valence-electron chi connectivity index (χ2n) is 2.92. The Bertz CT molecular complexity index is 170. The Morgan fingerprint density at radius 1 is 1.10 bits per heavy atom. The molecule has 0 saturated heterocycles. The normalized spacial score (nSPS) is 39.0. The molecule has 0 fully saturated rings. The average molecular weight is 141 g/mol. The van der Waals surface area contributed by atoms with E-state index in [2.05, 4.69) is 5.32 Å². The predicted octanol–water partition coefficient (Wildman–Crippen LogP) is -0.988. The van der Waals surface area contributed by atoms with E-state index in [1.807, 2.05) is 0 Å². The molecular formula is C7H11NO2. The highest BCUT2D eigenvalue weighted by Gasteiger charge is 2.33. The van der Waals surface area contributed by atoms with Crippen LogP contribution in [0, 0.1) is 0 Å². The van der Waals surface area contributed by atoms with Crippen molar-refractivity contribution in [1.29, 1.82) is 0 Å². The largest absolute Gasteiger partial charge is 0.389 e. The molecule has 0 bridgehead atoms. The molecule has 0 aromatic carbocycles. The standard InChI is InChI=1S/C7H11NO2/c9-6-1-7(10)5-3-8-2-4(5)6/h6-10H,1-3H2. The summed E-state index contributed by atoms with van der Waals surface area (Å²) in [7, 11) is 0. The summed E-state index contributed by atoms with van der Waals surface area (Å²) in [6, 6.07) is 0. The van der Waals surface area contributed by atoms with Gasteiger partial charge < -0.3 is 15.5 Å². The van der Waals surface area contributed by atoms with Crippen molar-refractivity contribution in [2.75, 3.05) is 13.1 Å². The first-order valence-electron chi connectivity index (χ1n) is 3.57. The molecule has 3 N–H and O–H groups in total. The molecule has 0 aromatic rings. The second kappa shape index (κ2) is 2.05. The highest BCUT2D eigenvalue weighted by atomic mass is 16.3. The van der Waals surface area contributed by atoms with Crippen LogP contribution < -0.4 is 5.32 Å². The number of aliphatic hydroxyl groups excluding tert-OH is 2. The molecule has 1 aliphatic heterocycles. The summed E-state index contributed by atoms with van der Waals surface area (Å²) in [4.78, 5) is 0. The average Bonchev–Trinajstić information content (AvgIpc) is 2.39. The molecule has 0 spiro atoms. The molecule has 2 atom stereocenters. The van der Waals surface area contributed by atoms with E-state index in [1.165, 1.54) is 0 Å². The van der Waals surface area contributed by atoms with Gasteiger partial charge in [0.25, 0.3) is 0 Å². The van der Waals surface area contributed by atoms with Crippen molar-refractivity contribution < 1.29 is 10.2 Å². The fourth-order valence-corrected chi connectivity index (χ4v) is 1.72. The van der Waals surface area contributed by atoms with E-state index in [0.29, 0.717) is 6.42 Å². The Morgan fingerprint density at radius 2 is 1.60 bits per heavy atom. The molecule has 3 nitrogen and oxygen atoms in total. The summed E-state index contributed by atoms with van der Waals surface area (Å²) in [6.07, 6.45) is -0.271. The van der Waals surface area contributed by atoms with Gasteiger partial charge in [-0.3, -0.25) is 0 Å². The van der Waals surface area contributed by atoms with Crippen LogP contribution in [0.25, 0.3) is 0 Å². The van der Waals surface area contributed by atoms with E-state index in [-0.39, 0.29) is 12.2 Å². The summed E-state index contributed by atoms with van der Waals surface area (Å²) < 4.78 is 0. The van der Waals surface area contributed by atoms with E-state index in [1.54, 1.807) is 0 Å². The van der Waals surface area contributed by atoms with Crippen molar-refractivity contribution in [1.82, 2.24) is 5.32 Å². The Labute approximate surface area is 59.4 Å². The van der Waals surface area contributed by atoms with E-state index < -0.39 is 0 Å². The summed E-state index contributed by atoms with van der Waals surface area (Å²) in [6.45, 7) is 1.52. The van der Waals surface area contributed by atoms with Crippen molar-refractivity contribution in [3.63, 3.8) is 0 Å². The molecule has 1 heterocycles. The van der Waals surface area contributed by atoms with Crippen molar-refractivity contribution in [2.24, 2.45) is 0 Å². The van der Waals surface area contributed by atoms with E-state index in [9.17, 15) is 10.2 Å². The maximum Gasteiger partial charge on any atom is 0.0794 e. The van der Waals surface area contributed by atoms with E-state index in [0.717, 1.165) is 24.2 Å². The third-order valence-electron chi connectivity index (χ3n) is 2.29. The van der Waals surface area contributed by atoms with Gasteiger partial charge in [-0.25, -0.2) is 0 Å². The van der Waals surface area contributed by atoms with Gasteiger partial charge in [-0.15, -0.1) is 0 Å². The highest BCUT2D eigenvalue weighted by molar-refractivity contribution is 5.34. The lowest BCUT2D eigenvalue weighted by Gasteiger charge is -2.07. The zero-order chi connectivity index (χ0) is 7.14. The monoisotopic (exact) mass is 141 g/mol. The van der Waals surface area contributed by atoms with Gasteiger partial charge in [0, 0.05) is 19.5 Å². The van der Waals surface area contributed by atoms with Crippen molar-refractivity contribution in [2.45, 2.75) is 18.6 Å². The molecular weight excluding hydrogens is 130 g/mol. The minimum absolute atomic E-state index is 0.389. The fourth-order valence-electron chi connectivity index (χ4n) is 1.72. The van der Waals surface area contributed by atoms with Gasteiger partial charge in [0.1, 0.15) is 0 Å². The Kier molecular flexibility index (Phi) is 1.30. The molecule has 1 aliphatic carbocycles.